The molecule has 1 fully saturated rings. The Morgan fingerprint density at radius 2 is 1.79 bits per heavy atom. The Morgan fingerprint density at radius 1 is 1.21 bits per heavy atom. The molecule has 0 N–H and O–H groups in total. The molecule has 1 aliphatic rings. The predicted molar refractivity (Wildman–Crippen MR) is 61.3 cm³/mol. The predicted octanol–water partition coefficient (Wildman–Crippen LogP) is 4.00. The van der Waals surface area contributed by atoms with Crippen LogP contribution in [0.4, 0.5) is 0 Å². The third-order valence-corrected chi connectivity index (χ3v) is 3.52. The first-order chi connectivity index (χ1) is 6.55. The van der Waals surface area contributed by atoms with Gasteiger partial charge in [0.25, 0.3) is 0 Å². The molecule has 1 aliphatic carbocycles. The van der Waals surface area contributed by atoms with E-state index in [1.54, 1.807) is 0 Å². The molecule has 0 aromatic heterocycles. The van der Waals surface area contributed by atoms with Crippen LogP contribution in [-0.2, 0) is 0 Å². The molecule has 14 heavy (non-hydrogen) atoms. The second-order valence-electron chi connectivity index (χ2n) is 5.03. The first-order valence-corrected chi connectivity index (χ1v) is 5.25. The molecule has 0 bridgehead atoms. The third-order valence-electron chi connectivity index (χ3n) is 3.52. The van der Waals surface area contributed by atoms with Crippen LogP contribution < -0.4 is 0 Å². The fraction of sp³-hybridized carbons (Fsp3) is 0.429. The van der Waals surface area contributed by atoms with Crippen molar-refractivity contribution >= 4 is 0 Å². The molecule has 74 valence electrons. The fourth-order valence-corrected chi connectivity index (χ4v) is 2.84. The molecule has 0 saturated heterocycles. The van der Waals surface area contributed by atoms with Gasteiger partial charge in [0.2, 0.25) is 0 Å². The largest absolute Gasteiger partial charge is 0.0998 e. The topological polar surface area (TPSA) is 0 Å². The van der Waals surface area contributed by atoms with Crippen molar-refractivity contribution < 1.29 is 0 Å². The molecule has 0 amide bonds. The number of hydrogen-bond acceptors (Lipinski definition) is 0. The van der Waals surface area contributed by atoms with Crippen LogP contribution in [0.5, 0.6) is 0 Å². The summed E-state index contributed by atoms with van der Waals surface area (Å²) in [5, 5.41) is 0. The normalized spacial score (nSPS) is 28.5. The molecule has 2 atom stereocenters. The van der Waals surface area contributed by atoms with Gasteiger partial charge in [-0.3, -0.25) is 0 Å². The molecule has 0 radical (unpaired) electrons. The number of benzene rings is 1. The summed E-state index contributed by atoms with van der Waals surface area (Å²) in [6.07, 6.45) is 0. The highest BCUT2D eigenvalue weighted by atomic mass is 14.6. The average Bonchev–Trinajstić information content (AvgIpc) is 2.71. The van der Waals surface area contributed by atoms with Gasteiger partial charge in [0.1, 0.15) is 0 Å². The van der Waals surface area contributed by atoms with E-state index in [0.29, 0.717) is 17.3 Å². The van der Waals surface area contributed by atoms with Crippen LogP contribution in [0.25, 0.3) is 0 Å². The quantitative estimate of drug-likeness (QED) is 0.612. The van der Waals surface area contributed by atoms with E-state index in [1.807, 2.05) is 0 Å². The summed E-state index contributed by atoms with van der Waals surface area (Å²) in [6.45, 7) is 10.9. The van der Waals surface area contributed by atoms with Crippen molar-refractivity contribution in [2.24, 2.45) is 11.3 Å². The smallest absolute Gasteiger partial charge is 0.00339 e. The lowest BCUT2D eigenvalue weighted by molar-refractivity contribution is 0.584. The van der Waals surface area contributed by atoms with Gasteiger partial charge in [0, 0.05) is 0 Å². The third kappa shape index (κ3) is 1.30. The highest BCUT2D eigenvalue weighted by molar-refractivity contribution is 5.36. The Bertz CT molecular complexity index is 346. The summed E-state index contributed by atoms with van der Waals surface area (Å²) in [6, 6.07) is 10.8. The zero-order valence-corrected chi connectivity index (χ0v) is 9.25. The van der Waals surface area contributed by atoms with Crippen molar-refractivity contribution in [3.8, 4) is 0 Å². The minimum absolute atomic E-state index is 0.410. The maximum absolute atomic E-state index is 4.09. The molecule has 2 rings (SSSR count). The van der Waals surface area contributed by atoms with Gasteiger partial charge in [-0.25, -0.2) is 0 Å². The van der Waals surface area contributed by atoms with Crippen molar-refractivity contribution in [3.05, 3.63) is 48.0 Å². The first-order valence-electron chi connectivity index (χ1n) is 5.25. The van der Waals surface area contributed by atoms with Crippen molar-refractivity contribution in [1.29, 1.82) is 0 Å². The Balaban J connectivity index is 2.28. The molecule has 1 aromatic carbocycles. The van der Waals surface area contributed by atoms with Crippen LogP contribution in [0.2, 0.25) is 0 Å². The van der Waals surface area contributed by atoms with Gasteiger partial charge >= 0.3 is 0 Å². The van der Waals surface area contributed by atoms with Crippen molar-refractivity contribution in [2.75, 3.05) is 0 Å². The molecule has 0 heteroatoms. The van der Waals surface area contributed by atoms with Gasteiger partial charge in [0.15, 0.2) is 0 Å². The minimum atomic E-state index is 0.410. The zero-order valence-electron chi connectivity index (χ0n) is 9.25. The van der Waals surface area contributed by atoms with Gasteiger partial charge in [0.05, 0.1) is 0 Å². The zero-order chi connectivity index (χ0) is 10.3. The first kappa shape index (κ1) is 9.51. The van der Waals surface area contributed by atoms with Crippen LogP contribution in [0.15, 0.2) is 42.5 Å². The maximum Gasteiger partial charge on any atom is -0.00339 e. The lowest BCUT2D eigenvalue weighted by Crippen LogP contribution is -1.90. The summed E-state index contributed by atoms with van der Waals surface area (Å²) >= 11 is 0. The van der Waals surface area contributed by atoms with Gasteiger partial charge < -0.3 is 0 Å². The van der Waals surface area contributed by atoms with E-state index in [4.69, 9.17) is 0 Å². The van der Waals surface area contributed by atoms with E-state index < -0.39 is 0 Å². The molecule has 2 unspecified atom stereocenters. The number of rotatable bonds is 2. The molecule has 0 aliphatic heterocycles. The van der Waals surface area contributed by atoms with Gasteiger partial charge in [-0.05, 0) is 29.7 Å². The highest BCUT2D eigenvalue weighted by Gasteiger charge is 2.58. The SMILES string of the molecule is C=C(C)C1C(c2ccccc2)C1(C)C. The van der Waals surface area contributed by atoms with Crippen LogP contribution in [-0.4, -0.2) is 0 Å². The minimum Gasteiger partial charge on any atom is -0.0998 e. The monoisotopic (exact) mass is 186 g/mol. The summed E-state index contributed by atoms with van der Waals surface area (Å²) in [7, 11) is 0. The summed E-state index contributed by atoms with van der Waals surface area (Å²) in [5.74, 6) is 1.35. The van der Waals surface area contributed by atoms with Crippen molar-refractivity contribution in [1.82, 2.24) is 0 Å². The molecule has 0 nitrogen and oxygen atoms in total. The number of allylic oxidation sites excluding steroid dienone is 1. The Morgan fingerprint density at radius 3 is 2.21 bits per heavy atom. The second-order valence-corrected chi connectivity index (χ2v) is 5.03. The Hall–Kier alpha value is -1.04. The van der Waals surface area contributed by atoms with E-state index in [9.17, 15) is 0 Å². The summed E-state index contributed by atoms with van der Waals surface area (Å²) in [4.78, 5) is 0. The van der Waals surface area contributed by atoms with E-state index in [1.165, 1.54) is 11.1 Å². The van der Waals surface area contributed by atoms with Crippen LogP contribution >= 0.6 is 0 Å². The molecule has 0 spiro atoms. The molecule has 1 saturated carbocycles. The maximum atomic E-state index is 4.09. The molecular formula is C14H18. The van der Waals surface area contributed by atoms with Crippen molar-refractivity contribution in [2.45, 2.75) is 26.7 Å². The molecular weight excluding hydrogens is 168 g/mol. The fourth-order valence-electron chi connectivity index (χ4n) is 2.84. The standard InChI is InChI=1S/C14H18/c1-10(2)12-13(14(12,3)4)11-8-6-5-7-9-11/h5-9,12-13H,1H2,2-4H3. The summed E-state index contributed by atoms with van der Waals surface area (Å²) in [5.41, 5.74) is 3.20. The van der Waals surface area contributed by atoms with Crippen LogP contribution in [0, 0.1) is 11.3 Å². The lowest BCUT2D eigenvalue weighted by Gasteiger charge is -2.01. The van der Waals surface area contributed by atoms with E-state index in [-0.39, 0.29) is 0 Å². The van der Waals surface area contributed by atoms with E-state index in [2.05, 4.69) is 57.7 Å². The summed E-state index contributed by atoms with van der Waals surface area (Å²) < 4.78 is 0. The van der Waals surface area contributed by atoms with Gasteiger partial charge in [-0.1, -0.05) is 56.3 Å². The van der Waals surface area contributed by atoms with Crippen LogP contribution in [0.1, 0.15) is 32.3 Å². The van der Waals surface area contributed by atoms with Crippen LogP contribution in [0.3, 0.4) is 0 Å². The molecule has 0 heterocycles. The lowest BCUT2D eigenvalue weighted by atomic mass is 10.0. The van der Waals surface area contributed by atoms with Gasteiger partial charge in [-0.15, -0.1) is 0 Å². The Kier molecular flexibility index (Phi) is 2.02. The average molecular weight is 186 g/mol. The Labute approximate surface area is 86.7 Å². The number of hydrogen-bond donors (Lipinski definition) is 0. The van der Waals surface area contributed by atoms with Crippen molar-refractivity contribution in [3.63, 3.8) is 0 Å². The highest BCUT2D eigenvalue weighted by Crippen LogP contribution is 2.66. The molecule has 1 aromatic rings. The van der Waals surface area contributed by atoms with E-state index >= 15 is 0 Å². The van der Waals surface area contributed by atoms with Gasteiger partial charge in [-0.2, -0.15) is 0 Å². The van der Waals surface area contributed by atoms with E-state index in [0.717, 1.165) is 0 Å². The second kappa shape index (κ2) is 2.98.